The van der Waals surface area contributed by atoms with E-state index < -0.39 is 10.0 Å². The number of rotatable bonds is 10. The molecule has 0 radical (unpaired) electrons. The van der Waals surface area contributed by atoms with Crippen LogP contribution in [0.2, 0.25) is 0 Å². The summed E-state index contributed by atoms with van der Waals surface area (Å²) in [5.41, 5.74) is 1.50. The fourth-order valence-electron chi connectivity index (χ4n) is 3.31. The molecule has 1 aromatic carbocycles. The minimum absolute atomic E-state index is 0.0226. The SMILES string of the molecule is CCN(CC)S(=O)(=O)c1ccc(C(C)NC(=O)CCC(=O)c2cc(C)sc2C)cc1. The monoisotopic (exact) mass is 450 g/mol. The Bertz CT molecular complexity index is 991. The number of carbonyl (C=O) groups excluding carboxylic acids is 2. The average molecular weight is 451 g/mol. The molecule has 1 aromatic heterocycles. The lowest BCUT2D eigenvalue weighted by Gasteiger charge is -2.19. The van der Waals surface area contributed by atoms with Gasteiger partial charge in [-0.15, -0.1) is 11.3 Å². The van der Waals surface area contributed by atoms with Gasteiger partial charge in [-0.3, -0.25) is 9.59 Å². The van der Waals surface area contributed by atoms with Crippen LogP contribution in [0.1, 0.15) is 65.3 Å². The number of hydrogen-bond acceptors (Lipinski definition) is 5. The van der Waals surface area contributed by atoms with Crippen LogP contribution in [0.15, 0.2) is 35.2 Å². The molecular weight excluding hydrogens is 420 g/mol. The van der Waals surface area contributed by atoms with Gasteiger partial charge in [0.05, 0.1) is 10.9 Å². The number of Topliss-reactive ketones (excluding diaryl/α,β-unsaturated/α-hetero) is 1. The molecule has 164 valence electrons. The van der Waals surface area contributed by atoms with Crippen LogP contribution in [0.4, 0.5) is 0 Å². The smallest absolute Gasteiger partial charge is 0.243 e. The van der Waals surface area contributed by atoms with E-state index >= 15 is 0 Å². The molecule has 2 aromatic rings. The summed E-state index contributed by atoms with van der Waals surface area (Å²) in [5.74, 6) is -0.231. The first kappa shape index (κ1) is 24.2. The van der Waals surface area contributed by atoms with E-state index in [9.17, 15) is 18.0 Å². The predicted octanol–water partition coefficient (Wildman–Crippen LogP) is 4.24. The zero-order valence-corrected chi connectivity index (χ0v) is 19.8. The highest BCUT2D eigenvalue weighted by Crippen LogP contribution is 2.23. The molecule has 0 aliphatic carbocycles. The summed E-state index contributed by atoms with van der Waals surface area (Å²) in [5, 5.41) is 2.88. The van der Waals surface area contributed by atoms with E-state index in [0.29, 0.717) is 18.7 Å². The Balaban J connectivity index is 1.95. The zero-order chi connectivity index (χ0) is 22.5. The standard InChI is InChI=1S/C22H30N2O4S2/c1-6-24(7-2)30(27,28)19-10-8-18(9-11-19)16(4)23-22(26)13-12-21(25)20-14-15(3)29-17(20)5/h8-11,14,16H,6-7,12-13H2,1-5H3,(H,23,26). The minimum Gasteiger partial charge on any atom is -0.350 e. The van der Waals surface area contributed by atoms with Gasteiger partial charge in [-0.05, 0) is 44.5 Å². The van der Waals surface area contributed by atoms with Crippen molar-refractivity contribution in [1.29, 1.82) is 0 Å². The van der Waals surface area contributed by atoms with E-state index in [4.69, 9.17) is 0 Å². The molecular formula is C22H30N2O4S2. The van der Waals surface area contributed by atoms with Crippen molar-refractivity contribution in [2.75, 3.05) is 13.1 Å². The summed E-state index contributed by atoms with van der Waals surface area (Å²) >= 11 is 1.58. The van der Waals surface area contributed by atoms with Gasteiger partial charge in [-0.25, -0.2) is 8.42 Å². The quantitative estimate of drug-likeness (QED) is 0.549. The number of amides is 1. The maximum absolute atomic E-state index is 12.6. The molecule has 30 heavy (non-hydrogen) atoms. The van der Waals surface area contributed by atoms with Crippen LogP contribution in [0.25, 0.3) is 0 Å². The van der Waals surface area contributed by atoms with Gasteiger partial charge in [-0.1, -0.05) is 26.0 Å². The fraction of sp³-hybridized carbons (Fsp3) is 0.455. The summed E-state index contributed by atoms with van der Waals surface area (Å²) in [7, 11) is -3.50. The normalized spacial score (nSPS) is 12.7. The molecule has 1 atom stereocenters. The van der Waals surface area contributed by atoms with E-state index in [1.54, 1.807) is 49.4 Å². The van der Waals surface area contributed by atoms with E-state index in [1.807, 2.05) is 26.8 Å². The minimum atomic E-state index is -3.50. The second-order valence-corrected chi connectivity index (χ2v) is 10.6. The van der Waals surface area contributed by atoms with Crippen LogP contribution in [-0.4, -0.2) is 37.5 Å². The van der Waals surface area contributed by atoms with Gasteiger partial charge in [0.15, 0.2) is 5.78 Å². The molecule has 2 rings (SSSR count). The summed E-state index contributed by atoms with van der Waals surface area (Å²) in [6.45, 7) is 10.1. The first-order chi connectivity index (χ1) is 14.1. The van der Waals surface area contributed by atoms with Gasteiger partial charge in [0.1, 0.15) is 0 Å². The maximum Gasteiger partial charge on any atom is 0.243 e. The van der Waals surface area contributed by atoms with E-state index in [1.165, 1.54) is 4.31 Å². The Kier molecular flexibility index (Phi) is 8.34. The van der Waals surface area contributed by atoms with Crippen LogP contribution in [0.3, 0.4) is 0 Å². The lowest BCUT2D eigenvalue weighted by molar-refractivity contribution is -0.121. The molecule has 0 aliphatic rings. The van der Waals surface area contributed by atoms with Crippen molar-refractivity contribution in [2.45, 2.75) is 58.4 Å². The molecule has 0 aliphatic heterocycles. The highest BCUT2D eigenvalue weighted by molar-refractivity contribution is 7.89. The molecule has 0 bridgehead atoms. The van der Waals surface area contributed by atoms with Gasteiger partial charge in [-0.2, -0.15) is 4.31 Å². The summed E-state index contributed by atoms with van der Waals surface area (Å²) in [6.07, 6.45) is 0.280. The number of aryl methyl sites for hydroxylation is 2. The van der Waals surface area contributed by atoms with Gasteiger partial charge in [0.2, 0.25) is 15.9 Å². The first-order valence-electron chi connectivity index (χ1n) is 10.1. The van der Waals surface area contributed by atoms with Crippen molar-refractivity contribution >= 4 is 33.1 Å². The second kappa shape index (κ2) is 10.3. The molecule has 0 spiro atoms. The van der Waals surface area contributed by atoms with Crippen molar-refractivity contribution < 1.29 is 18.0 Å². The lowest BCUT2D eigenvalue weighted by Crippen LogP contribution is -2.30. The maximum atomic E-state index is 12.6. The third-order valence-corrected chi connectivity index (χ3v) is 8.05. The van der Waals surface area contributed by atoms with Gasteiger partial charge < -0.3 is 5.32 Å². The van der Waals surface area contributed by atoms with E-state index in [-0.39, 0.29) is 35.5 Å². The number of benzene rings is 1. The van der Waals surface area contributed by atoms with E-state index in [0.717, 1.165) is 15.3 Å². The van der Waals surface area contributed by atoms with E-state index in [2.05, 4.69) is 5.32 Å². The van der Waals surface area contributed by atoms with Crippen molar-refractivity contribution in [3.63, 3.8) is 0 Å². The molecule has 6 nitrogen and oxygen atoms in total. The third kappa shape index (κ3) is 5.77. The number of ketones is 1. The number of nitrogens with zero attached hydrogens (tertiary/aromatic N) is 1. The molecule has 1 unspecified atom stereocenters. The van der Waals surface area contributed by atoms with Gasteiger partial charge >= 0.3 is 0 Å². The summed E-state index contributed by atoms with van der Waals surface area (Å²) < 4.78 is 26.5. The second-order valence-electron chi connectivity index (χ2n) is 7.20. The van der Waals surface area contributed by atoms with Crippen LogP contribution in [0.5, 0.6) is 0 Å². The number of thiophene rings is 1. The Morgan fingerprint density at radius 1 is 1.07 bits per heavy atom. The molecule has 1 N–H and O–H groups in total. The number of hydrogen-bond donors (Lipinski definition) is 1. The fourth-order valence-corrected chi connectivity index (χ4v) is 5.71. The van der Waals surface area contributed by atoms with Crippen LogP contribution < -0.4 is 5.32 Å². The number of nitrogens with one attached hydrogen (secondary N) is 1. The largest absolute Gasteiger partial charge is 0.350 e. The van der Waals surface area contributed by atoms with Crippen molar-refractivity contribution in [2.24, 2.45) is 0 Å². The molecule has 8 heteroatoms. The molecule has 0 fully saturated rings. The lowest BCUT2D eigenvalue weighted by atomic mass is 10.1. The Morgan fingerprint density at radius 2 is 1.67 bits per heavy atom. The Labute approximate surface area is 183 Å². The summed E-state index contributed by atoms with van der Waals surface area (Å²) in [4.78, 5) is 26.9. The predicted molar refractivity (Wildman–Crippen MR) is 120 cm³/mol. The Morgan fingerprint density at radius 3 is 2.17 bits per heavy atom. The topological polar surface area (TPSA) is 83.6 Å². The van der Waals surface area contributed by atoms with Crippen LogP contribution >= 0.6 is 11.3 Å². The molecule has 0 saturated carbocycles. The van der Waals surface area contributed by atoms with Crippen LogP contribution in [-0.2, 0) is 14.8 Å². The Hall–Kier alpha value is -2.03. The number of carbonyl (C=O) groups is 2. The molecule has 1 heterocycles. The average Bonchev–Trinajstić information content (AvgIpc) is 3.05. The van der Waals surface area contributed by atoms with Crippen LogP contribution in [0, 0.1) is 13.8 Å². The van der Waals surface area contributed by atoms with Gasteiger partial charge in [0, 0.05) is 41.2 Å². The first-order valence-corrected chi connectivity index (χ1v) is 12.4. The van der Waals surface area contributed by atoms with Crippen molar-refractivity contribution in [3.8, 4) is 0 Å². The van der Waals surface area contributed by atoms with Gasteiger partial charge in [0.25, 0.3) is 0 Å². The zero-order valence-electron chi connectivity index (χ0n) is 18.2. The molecule has 0 saturated heterocycles. The summed E-state index contributed by atoms with van der Waals surface area (Å²) in [6, 6.07) is 8.14. The van der Waals surface area contributed by atoms with Crippen molar-refractivity contribution in [1.82, 2.24) is 9.62 Å². The number of sulfonamides is 1. The van der Waals surface area contributed by atoms with Crippen molar-refractivity contribution in [3.05, 3.63) is 51.2 Å². The molecule has 1 amide bonds. The third-order valence-electron chi connectivity index (χ3n) is 5.02. The highest BCUT2D eigenvalue weighted by Gasteiger charge is 2.22. The highest BCUT2D eigenvalue weighted by atomic mass is 32.2.